The average Bonchev–Trinajstić information content (AvgIpc) is 2.56. The van der Waals surface area contributed by atoms with Crippen molar-refractivity contribution in [3.63, 3.8) is 0 Å². The molecule has 120 valence electrons. The number of carbonyl (C=O) groups excluding carboxylic acids is 1. The predicted molar refractivity (Wildman–Crippen MR) is 87.7 cm³/mol. The molecule has 0 aliphatic rings. The van der Waals surface area contributed by atoms with Gasteiger partial charge in [0.1, 0.15) is 5.02 Å². The minimum Gasteiger partial charge on any atom is -0.298 e. The van der Waals surface area contributed by atoms with Crippen LogP contribution in [-0.2, 0) is 11.4 Å². The van der Waals surface area contributed by atoms with Gasteiger partial charge >= 0.3 is 5.69 Å². The summed E-state index contributed by atoms with van der Waals surface area (Å²) in [7, 11) is 0. The second-order valence-electron chi connectivity index (χ2n) is 4.66. The van der Waals surface area contributed by atoms with Crippen molar-refractivity contribution in [2.24, 2.45) is 0 Å². The molecule has 0 aliphatic heterocycles. The summed E-state index contributed by atoms with van der Waals surface area (Å²) in [5, 5.41) is 12.6. The molecule has 2 aromatic carbocycles. The van der Waals surface area contributed by atoms with Gasteiger partial charge in [-0.1, -0.05) is 41.9 Å². The van der Waals surface area contributed by atoms with Crippen LogP contribution in [0.3, 0.4) is 0 Å². The van der Waals surface area contributed by atoms with E-state index in [1.54, 1.807) is 6.92 Å². The van der Waals surface area contributed by atoms with Crippen LogP contribution < -0.4 is 5.06 Å². The van der Waals surface area contributed by atoms with E-state index in [0.717, 1.165) is 5.56 Å². The molecule has 0 aliphatic carbocycles. The van der Waals surface area contributed by atoms with Crippen LogP contribution in [0.4, 0.5) is 11.4 Å². The molecule has 6 nitrogen and oxygen atoms in total. The van der Waals surface area contributed by atoms with Gasteiger partial charge in [0.25, 0.3) is 0 Å². The molecule has 23 heavy (non-hydrogen) atoms. The van der Waals surface area contributed by atoms with E-state index in [-0.39, 0.29) is 28.6 Å². The number of halogens is 1. The van der Waals surface area contributed by atoms with Crippen molar-refractivity contribution in [1.82, 2.24) is 0 Å². The van der Waals surface area contributed by atoms with Crippen LogP contribution in [-0.4, -0.2) is 17.8 Å². The van der Waals surface area contributed by atoms with Crippen LogP contribution in [0.5, 0.6) is 0 Å². The van der Waals surface area contributed by atoms with Crippen molar-refractivity contribution < 1.29 is 14.6 Å². The molecule has 0 unspecified atom stereocenters. The van der Waals surface area contributed by atoms with Gasteiger partial charge < -0.3 is 0 Å². The maximum absolute atomic E-state index is 11.3. The fourth-order valence-electron chi connectivity index (χ4n) is 2.14. The van der Waals surface area contributed by atoms with E-state index in [4.69, 9.17) is 16.4 Å². The van der Waals surface area contributed by atoms with Crippen LogP contribution in [0, 0.1) is 10.1 Å². The Kier molecular flexibility index (Phi) is 5.67. The lowest BCUT2D eigenvalue weighted by molar-refractivity contribution is -0.384. The third kappa shape index (κ3) is 3.85. The Labute approximate surface area is 138 Å². The molecular formula is C16H15ClN2O4. The predicted octanol–water partition coefficient (Wildman–Crippen LogP) is 4.02. The maximum atomic E-state index is 11.3. The Bertz CT molecular complexity index is 707. The Morgan fingerprint density at radius 1 is 1.26 bits per heavy atom. The lowest BCUT2D eigenvalue weighted by Crippen LogP contribution is -2.25. The Morgan fingerprint density at radius 3 is 2.52 bits per heavy atom. The molecule has 0 atom stereocenters. The minimum absolute atomic E-state index is 0.0441. The summed E-state index contributed by atoms with van der Waals surface area (Å²) in [6.07, 6.45) is 0.549. The highest BCUT2D eigenvalue weighted by molar-refractivity contribution is 6.33. The molecule has 0 radical (unpaired) electrons. The molecule has 7 heteroatoms. The Morgan fingerprint density at radius 2 is 1.96 bits per heavy atom. The zero-order valence-electron chi connectivity index (χ0n) is 12.4. The third-order valence-corrected chi connectivity index (χ3v) is 3.51. The number of nitro groups is 1. The van der Waals surface area contributed by atoms with E-state index in [1.807, 2.05) is 30.3 Å². The van der Waals surface area contributed by atoms with E-state index in [9.17, 15) is 14.9 Å². The third-order valence-electron chi connectivity index (χ3n) is 3.21. The first-order valence-corrected chi connectivity index (χ1v) is 7.32. The van der Waals surface area contributed by atoms with E-state index in [0.29, 0.717) is 12.8 Å². The van der Waals surface area contributed by atoms with Gasteiger partial charge in [0.2, 0.25) is 0 Å². The van der Waals surface area contributed by atoms with Gasteiger partial charge in [0.15, 0.2) is 12.0 Å². The Balaban J connectivity index is 2.38. The van der Waals surface area contributed by atoms with Crippen molar-refractivity contribution in [2.75, 3.05) is 11.6 Å². The molecule has 2 rings (SSSR count). The number of hydrogen-bond acceptors (Lipinski definition) is 5. The standard InChI is InChI=1S/C16H15ClN2O4/c1-2-18(23-11-12-6-4-3-5-7-12)15-13(10-20)8-9-14(17)16(15)19(21)22/h3-10H,2,11H2,1H3. The highest BCUT2D eigenvalue weighted by Crippen LogP contribution is 2.38. The van der Waals surface area contributed by atoms with Crippen LogP contribution >= 0.6 is 11.6 Å². The quantitative estimate of drug-likeness (QED) is 0.434. The molecular weight excluding hydrogens is 320 g/mol. The van der Waals surface area contributed by atoms with Crippen molar-refractivity contribution in [2.45, 2.75) is 13.5 Å². The van der Waals surface area contributed by atoms with E-state index >= 15 is 0 Å². The van der Waals surface area contributed by atoms with Gasteiger partial charge in [-0.2, -0.15) is 0 Å². The molecule has 0 N–H and O–H groups in total. The highest BCUT2D eigenvalue weighted by atomic mass is 35.5. The molecule has 2 aromatic rings. The summed E-state index contributed by atoms with van der Waals surface area (Å²) < 4.78 is 0. The first-order chi connectivity index (χ1) is 11.1. The van der Waals surface area contributed by atoms with Crippen LogP contribution in [0.15, 0.2) is 42.5 Å². The van der Waals surface area contributed by atoms with E-state index in [1.165, 1.54) is 17.2 Å². The monoisotopic (exact) mass is 334 g/mol. The number of benzene rings is 2. The number of hydrogen-bond donors (Lipinski definition) is 0. The summed E-state index contributed by atoms with van der Waals surface area (Å²) >= 11 is 5.93. The number of carbonyl (C=O) groups is 1. The number of anilines is 1. The number of aldehydes is 1. The van der Waals surface area contributed by atoms with Crippen molar-refractivity contribution in [3.8, 4) is 0 Å². The topological polar surface area (TPSA) is 72.7 Å². The fraction of sp³-hybridized carbons (Fsp3) is 0.188. The van der Waals surface area contributed by atoms with Crippen molar-refractivity contribution in [3.05, 3.63) is 68.7 Å². The van der Waals surface area contributed by atoms with Crippen LogP contribution in [0.1, 0.15) is 22.8 Å². The lowest BCUT2D eigenvalue weighted by atomic mass is 10.1. The summed E-state index contributed by atoms with van der Waals surface area (Å²) in [6.45, 7) is 2.30. The smallest absolute Gasteiger partial charge is 0.298 e. The average molecular weight is 335 g/mol. The highest BCUT2D eigenvalue weighted by Gasteiger charge is 2.27. The van der Waals surface area contributed by atoms with Gasteiger partial charge in [0, 0.05) is 12.1 Å². The second kappa shape index (κ2) is 7.71. The summed E-state index contributed by atoms with van der Waals surface area (Å²) in [5.41, 5.74) is 0.779. The number of hydroxylamine groups is 1. The molecule has 0 saturated heterocycles. The van der Waals surface area contributed by atoms with Gasteiger partial charge in [-0.15, -0.1) is 0 Å². The Hall–Kier alpha value is -2.44. The van der Waals surface area contributed by atoms with Gasteiger partial charge in [0.05, 0.1) is 11.5 Å². The minimum atomic E-state index is -0.612. The maximum Gasteiger partial charge on any atom is 0.314 e. The number of rotatable bonds is 7. The number of nitro benzene ring substituents is 1. The largest absolute Gasteiger partial charge is 0.314 e. The van der Waals surface area contributed by atoms with Gasteiger partial charge in [-0.3, -0.25) is 19.7 Å². The zero-order valence-corrected chi connectivity index (χ0v) is 13.2. The summed E-state index contributed by atoms with van der Waals surface area (Å²) in [4.78, 5) is 27.6. The molecule has 0 bridgehead atoms. The summed E-state index contributed by atoms with van der Waals surface area (Å²) in [6, 6.07) is 12.1. The number of nitrogens with zero attached hydrogens (tertiary/aromatic N) is 2. The second-order valence-corrected chi connectivity index (χ2v) is 5.07. The van der Waals surface area contributed by atoms with Crippen LogP contribution in [0.25, 0.3) is 0 Å². The zero-order chi connectivity index (χ0) is 16.8. The van der Waals surface area contributed by atoms with E-state index < -0.39 is 4.92 Å². The first-order valence-electron chi connectivity index (χ1n) is 6.95. The normalized spacial score (nSPS) is 10.3. The van der Waals surface area contributed by atoms with E-state index in [2.05, 4.69) is 0 Å². The fourth-order valence-corrected chi connectivity index (χ4v) is 2.36. The van der Waals surface area contributed by atoms with Crippen molar-refractivity contribution in [1.29, 1.82) is 0 Å². The van der Waals surface area contributed by atoms with Gasteiger partial charge in [-0.25, -0.2) is 5.06 Å². The van der Waals surface area contributed by atoms with Crippen molar-refractivity contribution >= 4 is 29.3 Å². The van der Waals surface area contributed by atoms with Gasteiger partial charge in [-0.05, 0) is 24.6 Å². The lowest BCUT2D eigenvalue weighted by Gasteiger charge is -2.23. The van der Waals surface area contributed by atoms with Crippen LogP contribution in [0.2, 0.25) is 5.02 Å². The summed E-state index contributed by atoms with van der Waals surface area (Å²) in [5.74, 6) is 0. The molecule has 0 amide bonds. The first kappa shape index (κ1) is 16.9. The molecule has 0 fully saturated rings. The molecule has 0 heterocycles. The molecule has 0 saturated carbocycles. The molecule has 0 spiro atoms. The SMILES string of the molecule is CCN(OCc1ccccc1)c1c(C=O)ccc(Cl)c1[N+](=O)[O-]. The molecule has 0 aromatic heterocycles.